The minimum Gasteiger partial charge on any atom is -0.504 e. The second kappa shape index (κ2) is 7.64. The molecule has 0 aliphatic carbocycles. The van der Waals surface area contributed by atoms with Crippen LogP contribution in [0.15, 0.2) is 18.2 Å². The van der Waals surface area contributed by atoms with Crippen LogP contribution in [0.3, 0.4) is 0 Å². The molecule has 1 aromatic carbocycles. The van der Waals surface area contributed by atoms with Crippen LogP contribution in [0, 0.1) is 0 Å². The van der Waals surface area contributed by atoms with Gasteiger partial charge in [0.1, 0.15) is 0 Å². The van der Waals surface area contributed by atoms with Crippen LogP contribution in [0.1, 0.15) is 5.56 Å². The lowest BCUT2D eigenvalue weighted by molar-refractivity contribution is 0.120. The molecular formula is C16H27N3O2. The molecule has 1 aliphatic rings. The van der Waals surface area contributed by atoms with Crippen LogP contribution >= 0.6 is 0 Å². The van der Waals surface area contributed by atoms with Gasteiger partial charge in [-0.2, -0.15) is 0 Å². The standard InChI is InChI=1S/C16H27N3O2/c1-17(2)7-8-18-9-11-19(12-10-18)13-14-5-4-6-15(21-3)16(14)20/h4-6,20H,7-13H2,1-3H3. The smallest absolute Gasteiger partial charge is 0.162 e. The van der Waals surface area contributed by atoms with Crippen molar-refractivity contribution in [2.24, 2.45) is 0 Å². The monoisotopic (exact) mass is 293 g/mol. The molecule has 1 aliphatic heterocycles. The number of para-hydroxylation sites is 1. The van der Waals surface area contributed by atoms with E-state index >= 15 is 0 Å². The van der Waals surface area contributed by atoms with Crippen LogP contribution in [-0.2, 0) is 6.54 Å². The van der Waals surface area contributed by atoms with E-state index in [9.17, 15) is 5.11 Å². The molecule has 1 heterocycles. The molecule has 21 heavy (non-hydrogen) atoms. The van der Waals surface area contributed by atoms with Gasteiger partial charge in [-0.05, 0) is 20.2 Å². The van der Waals surface area contributed by atoms with E-state index in [1.807, 2.05) is 12.1 Å². The van der Waals surface area contributed by atoms with Crippen molar-refractivity contribution < 1.29 is 9.84 Å². The minimum atomic E-state index is 0.273. The lowest BCUT2D eigenvalue weighted by Gasteiger charge is -2.35. The average molecular weight is 293 g/mol. The van der Waals surface area contributed by atoms with E-state index in [4.69, 9.17) is 4.74 Å². The summed E-state index contributed by atoms with van der Waals surface area (Å²) in [5.41, 5.74) is 0.941. The summed E-state index contributed by atoms with van der Waals surface area (Å²) in [7, 11) is 5.81. The number of methoxy groups -OCH3 is 1. The van der Waals surface area contributed by atoms with E-state index < -0.39 is 0 Å². The fourth-order valence-electron chi connectivity index (χ4n) is 2.61. The summed E-state index contributed by atoms with van der Waals surface area (Å²) >= 11 is 0. The molecule has 0 atom stereocenters. The Labute approximate surface area is 127 Å². The highest BCUT2D eigenvalue weighted by atomic mass is 16.5. The van der Waals surface area contributed by atoms with Crippen molar-refractivity contribution in [1.82, 2.24) is 14.7 Å². The van der Waals surface area contributed by atoms with Crippen LogP contribution in [0.4, 0.5) is 0 Å². The lowest BCUT2D eigenvalue weighted by atomic mass is 10.1. The van der Waals surface area contributed by atoms with Crippen molar-refractivity contribution in [3.8, 4) is 11.5 Å². The van der Waals surface area contributed by atoms with Gasteiger partial charge in [0, 0.05) is 51.4 Å². The SMILES string of the molecule is COc1cccc(CN2CCN(CCN(C)C)CC2)c1O. The van der Waals surface area contributed by atoms with Crippen molar-refractivity contribution in [2.45, 2.75) is 6.54 Å². The third-order valence-electron chi connectivity index (χ3n) is 4.02. The van der Waals surface area contributed by atoms with Crippen LogP contribution in [0.5, 0.6) is 11.5 Å². The number of aromatic hydroxyl groups is 1. The zero-order valence-electron chi connectivity index (χ0n) is 13.4. The van der Waals surface area contributed by atoms with Gasteiger partial charge >= 0.3 is 0 Å². The van der Waals surface area contributed by atoms with Gasteiger partial charge in [0.05, 0.1) is 7.11 Å². The van der Waals surface area contributed by atoms with Crippen molar-refractivity contribution in [3.05, 3.63) is 23.8 Å². The van der Waals surface area contributed by atoms with Gasteiger partial charge in [-0.3, -0.25) is 9.80 Å². The van der Waals surface area contributed by atoms with E-state index in [2.05, 4.69) is 28.8 Å². The van der Waals surface area contributed by atoms with Gasteiger partial charge in [0.25, 0.3) is 0 Å². The third-order valence-corrected chi connectivity index (χ3v) is 4.02. The number of likely N-dealkylation sites (N-methyl/N-ethyl adjacent to an activating group) is 1. The second-order valence-electron chi connectivity index (χ2n) is 5.89. The number of rotatable bonds is 6. The van der Waals surface area contributed by atoms with Crippen molar-refractivity contribution in [1.29, 1.82) is 0 Å². The van der Waals surface area contributed by atoms with Gasteiger partial charge in [0.2, 0.25) is 0 Å². The second-order valence-corrected chi connectivity index (χ2v) is 5.89. The molecule has 1 fully saturated rings. The number of phenols is 1. The quantitative estimate of drug-likeness (QED) is 0.850. The van der Waals surface area contributed by atoms with Crippen LogP contribution in [0.2, 0.25) is 0 Å². The number of piperazine rings is 1. The molecule has 0 bridgehead atoms. The number of hydrogen-bond acceptors (Lipinski definition) is 5. The highest BCUT2D eigenvalue weighted by Crippen LogP contribution is 2.30. The fraction of sp³-hybridized carbons (Fsp3) is 0.625. The maximum absolute atomic E-state index is 10.1. The summed E-state index contributed by atoms with van der Waals surface area (Å²) in [5.74, 6) is 0.826. The first-order chi connectivity index (χ1) is 10.1. The summed E-state index contributed by atoms with van der Waals surface area (Å²) in [4.78, 5) is 7.11. The maximum Gasteiger partial charge on any atom is 0.162 e. The third kappa shape index (κ3) is 4.59. The zero-order valence-corrected chi connectivity index (χ0v) is 13.4. The molecule has 118 valence electrons. The summed E-state index contributed by atoms with van der Waals surface area (Å²) in [6, 6.07) is 5.69. The average Bonchev–Trinajstić information content (AvgIpc) is 2.48. The highest BCUT2D eigenvalue weighted by Gasteiger charge is 2.18. The molecule has 0 radical (unpaired) electrons. The van der Waals surface area contributed by atoms with E-state index in [-0.39, 0.29) is 5.75 Å². The van der Waals surface area contributed by atoms with Crippen molar-refractivity contribution in [3.63, 3.8) is 0 Å². The minimum absolute atomic E-state index is 0.273. The highest BCUT2D eigenvalue weighted by molar-refractivity contribution is 5.45. The number of ether oxygens (including phenoxy) is 1. The molecule has 0 spiro atoms. The van der Waals surface area contributed by atoms with Crippen molar-refractivity contribution >= 4 is 0 Å². The first kappa shape index (κ1) is 16.1. The molecule has 5 heteroatoms. The van der Waals surface area contributed by atoms with E-state index in [0.717, 1.165) is 51.4 Å². The number of nitrogens with zero attached hydrogens (tertiary/aromatic N) is 3. The summed E-state index contributed by atoms with van der Waals surface area (Å²) in [6.45, 7) is 7.30. The molecule has 0 saturated carbocycles. The van der Waals surface area contributed by atoms with Gasteiger partial charge < -0.3 is 14.7 Å². The molecular weight excluding hydrogens is 266 g/mol. The number of hydrogen-bond donors (Lipinski definition) is 1. The molecule has 5 nitrogen and oxygen atoms in total. The summed E-state index contributed by atoms with van der Waals surface area (Å²) in [6.07, 6.45) is 0. The molecule has 0 unspecified atom stereocenters. The Kier molecular flexibility index (Phi) is 5.85. The Bertz CT molecular complexity index is 443. The molecule has 0 aromatic heterocycles. The first-order valence-electron chi connectivity index (χ1n) is 7.54. The largest absolute Gasteiger partial charge is 0.504 e. The number of benzene rings is 1. The van der Waals surface area contributed by atoms with Crippen LogP contribution in [-0.4, -0.2) is 80.3 Å². The molecule has 1 saturated heterocycles. The van der Waals surface area contributed by atoms with Crippen LogP contribution < -0.4 is 4.74 Å². The van der Waals surface area contributed by atoms with Gasteiger partial charge in [-0.15, -0.1) is 0 Å². The summed E-state index contributed by atoms with van der Waals surface area (Å²) in [5, 5.41) is 10.1. The van der Waals surface area contributed by atoms with E-state index in [1.54, 1.807) is 13.2 Å². The first-order valence-corrected chi connectivity index (χ1v) is 7.54. The molecule has 2 rings (SSSR count). The predicted octanol–water partition coefficient (Wildman–Crippen LogP) is 1.08. The lowest BCUT2D eigenvalue weighted by Crippen LogP contribution is -2.47. The van der Waals surface area contributed by atoms with Gasteiger partial charge in [-0.25, -0.2) is 0 Å². The Morgan fingerprint density at radius 3 is 2.43 bits per heavy atom. The Balaban J connectivity index is 1.83. The predicted molar refractivity (Wildman–Crippen MR) is 84.9 cm³/mol. The maximum atomic E-state index is 10.1. The number of phenolic OH excluding ortho intramolecular Hbond substituents is 1. The summed E-state index contributed by atoms with van der Waals surface area (Å²) < 4.78 is 5.16. The Morgan fingerprint density at radius 2 is 1.81 bits per heavy atom. The van der Waals surface area contributed by atoms with Gasteiger partial charge in [-0.1, -0.05) is 12.1 Å². The molecule has 0 amide bonds. The van der Waals surface area contributed by atoms with E-state index in [0.29, 0.717) is 5.75 Å². The fourth-order valence-corrected chi connectivity index (χ4v) is 2.61. The zero-order chi connectivity index (χ0) is 15.2. The van der Waals surface area contributed by atoms with Gasteiger partial charge in [0.15, 0.2) is 11.5 Å². The topological polar surface area (TPSA) is 39.2 Å². The van der Waals surface area contributed by atoms with Crippen molar-refractivity contribution in [2.75, 3.05) is 60.5 Å². The van der Waals surface area contributed by atoms with E-state index in [1.165, 1.54) is 0 Å². The molecule has 1 aromatic rings. The Hall–Kier alpha value is -1.30. The van der Waals surface area contributed by atoms with Crippen LogP contribution in [0.25, 0.3) is 0 Å². The normalized spacial score (nSPS) is 17.3. The molecule has 1 N–H and O–H groups in total. The Morgan fingerprint density at radius 1 is 1.14 bits per heavy atom.